The molecule has 1 fully saturated rings. The van der Waals surface area contributed by atoms with Crippen molar-refractivity contribution in [3.05, 3.63) is 95.3 Å². The number of methoxy groups -OCH3 is 1. The molecule has 2 amide bonds. The predicted octanol–water partition coefficient (Wildman–Crippen LogP) is 3.03. The highest BCUT2D eigenvalue weighted by Gasteiger charge is 2.40. The summed E-state index contributed by atoms with van der Waals surface area (Å²) in [6.07, 6.45) is 1.38. The van der Waals surface area contributed by atoms with Gasteiger partial charge in [-0.1, -0.05) is 36.4 Å². The lowest BCUT2D eigenvalue weighted by Gasteiger charge is -2.15. The lowest BCUT2D eigenvalue weighted by atomic mass is 9.88. The zero-order valence-electron chi connectivity index (χ0n) is 18.7. The van der Waals surface area contributed by atoms with Crippen LogP contribution in [0.15, 0.2) is 77.9 Å². The van der Waals surface area contributed by atoms with E-state index in [9.17, 15) is 18.8 Å². The Morgan fingerprint density at radius 3 is 2.60 bits per heavy atom. The summed E-state index contributed by atoms with van der Waals surface area (Å²) in [4.78, 5) is 37.2. The Kier molecular flexibility index (Phi) is 7.15. The number of rotatable bonds is 7. The van der Waals surface area contributed by atoms with Crippen molar-refractivity contribution < 1.29 is 28.2 Å². The second-order valence-electron chi connectivity index (χ2n) is 7.78. The van der Waals surface area contributed by atoms with Gasteiger partial charge in [0.1, 0.15) is 11.7 Å². The maximum Gasteiger partial charge on any atom is 0.343 e. The van der Waals surface area contributed by atoms with Crippen molar-refractivity contribution in [1.29, 1.82) is 0 Å². The average molecular weight is 475 g/mol. The van der Waals surface area contributed by atoms with Crippen LogP contribution in [0.4, 0.5) is 4.39 Å². The highest BCUT2D eigenvalue weighted by molar-refractivity contribution is 6.03. The molecule has 2 N–H and O–H groups in total. The molecule has 0 bridgehead atoms. The Hall–Kier alpha value is -4.53. The minimum atomic E-state index is -0.895. The van der Waals surface area contributed by atoms with E-state index in [1.54, 1.807) is 12.1 Å². The Morgan fingerprint density at radius 1 is 1.06 bits per heavy atom. The summed E-state index contributed by atoms with van der Waals surface area (Å²) in [7, 11) is 1.40. The van der Waals surface area contributed by atoms with Gasteiger partial charge in [0.05, 0.1) is 18.9 Å². The summed E-state index contributed by atoms with van der Waals surface area (Å²) < 4.78 is 24.0. The summed E-state index contributed by atoms with van der Waals surface area (Å²) in [5, 5.41) is 6.69. The second kappa shape index (κ2) is 10.6. The third-order valence-electron chi connectivity index (χ3n) is 5.53. The maximum absolute atomic E-state index is 13.4. The third kappa shape index (κ3) is 5.52. The van der Waals surface area contributed by atoms with Crippen molar-refractivity contribution in [2.75, 3.05) is 13.7 Å². The molecule has 35 heavy (non-hydrogen) atoms. The topological polar surface area (TPSA) is 106 Å². The number of hydrazone groups is 1. The van der Waals surface area contributed by atoms with E-state index in [-0.39, 0.29) is 28.9 Å². The molecule has 178 valence electrons. The summed E-state index contributed by atoms with van der Waals surface area (Å²) >= 11 is 0. The van der Waals surface area contributed by atoms with Gasteiger partial charge in [0, 0.05) is 12.5 Å². The number of benzene rings is 3. The minimum absolute atomic E-state index is 0.0603. The summed E-state index contributed by atoms with van der Waals surface area (Å²) in [6, 6.07) is 19.1. The van der Waals surface area contributed by atoms with E-state index in [1.807, 2.05) is 30.3 Å². The van der Waals surface area contributed by atoms with Gasteiger partial charge in [-0.05, 0) is 47.5 Å². The fourth-order valence-electron chi connectivity index (χ4n) is 3.80. The molecule has 0 unspecified atom stereocenters. The number of esters is 1. The van der Waals surface area contributed by atoms with Crippen LogP contribution in [0, 0.1) is 11.7 Å². The quantitative estimate of drug-likeness (QED) is 0.180. The number of nitrogens with one attached hydrogen (secondary N) is 2. The summed E-state index contributed by atoms with van der Waals surface area (Å²) in [5.74, 6) is -2.96. The van der Waals surface area contributed by atoms with E-state index in [4.69, 9.17) is 9.47 Å². The number of carbonyl (C=O) groups is 3. The second-order valence-corrected chi connectivity index (χ2v) is 7.78. The third-order valence-corrected chi connectivity index (χ3v) is 5.53. The SMILES string of the molecule is COc1cc(C=NNC(=O)[C@H]2C(=O)NC[C@H]2c2ccccc2)ccc1OC(=O)c1cccc(F)c1. The minimum Gasteiger partial charge on any atom is -0.493 e. The van der Waals surface area contributed by atoms with Crippen LogP contribution < -0.4 is 20.2 Å². The molecule has 0 aromatic heterocycles. The first kappa shape index (κ1) is 23.6. The number of hydrogen-bond donors (Lipinski definition) is 2. The molecule has 1 saturated heterocycles. The van der Waals surface area contributed by atoms with E-state index in [1.165, 1.54) is 37.6 Å². The van der Waals surface area contributed by atoms with E-state index >= 15 is 0 Å². The van der Waals surface area contributed by atoms with Crippen molar-refractivity contribution in [2.24, 2.45) is 11.0 Å². The molecule has 2 atom stereocenters. The Balaban J connectivity index is 1.42. The van der Waals surface area contributed by atoms with E-state index in [2.05, 4.69) is 15.8 Å². The molecule has 0 radical (unpaired) electrons. The molecule has 1 heterocycles. The average Bonchev–Trinajstić information content (AvgIpc) is 3.26. The summed E-state index contributed by atoms with van der Waals surface area (Å²) in [6.45, 7) is 0.373. The lowest BCUT2D eigenvalue weighted by molar-refractivity contribution is -0.133. The van der Waals surface area contributed by atoms with Crippen LogP contribution in [-0.2, 0) is 9.59 Å². The lowest BCUT2D eigenvalue weighted by Crippen LogP contribution is -2.34. The first-order chi connectivity index (χ1) is 17.0. The van der Waals surface area contributed by atoms with Gasteiger partial charge < -0.3 is 14.8 Å². The zero-order valence-corrected chi connectivity index (χ0v) is 18.7. The normalized spacial score (nSPS) is 17.1. The Morgan fingerprint density at radius 2 is 1.86 bits per heavy atom. The molecular weight excluding hydrogens is 453 g/mol. The maximum atomic E-state index is 13.4. The van der Waals surface area contributed by atoms with E-state index in [0.717, 1.165) is 11.6 Å². The van der Waals surface area contributed by atoms with Crippen molar-refractivity contribution in [3.8, 4) is 11.5 Å². The molecule has 1 aliphatic heterocycles. The van der Waals surface area contributed by atoms with Gasteiger partial charge in [-0.25, -0.2) is 14.6 Å². The molecule has 0 aliphatic carbocycles. The Bertz CT molecular complexity index is 1280. The molecule has 4 rings (SSSR count). The van der Waals surface area contributed by atoms with Gasteiger partial charge in [-0.2, -0.15) is 5.10 Å². The van der Waals surface area contributed by atoms with Gasteiger partial charge in [-0.3, -0.25) is 9.59 Å². The molecule has 9 heteroatoms. The first-order valence-corrected chi connectivity index (χ1v) is 10.8. The zero-order chi connectivity index (χ0) is 24.8. The number of amides is 2. The number of ether oxygens (including phenoxy) is 2. The van der Waals surface area contributed by atoms with Crippen LogP contribution >= 0.6 is 0 Å². The fourth-order valence-corrected chi connectivity index (χ4v) is 3.80. The highest BCUT2D eigenvalue weighted by Crippen LogP contribution is 2.30. The smallest absolute Gasteiger partial charge is 0.343 e. The van der Waals surface area contributed by atoms with Crippen LogP contribution in [0.3, 0.4) is 0 Å². The number of carbonyl (C=O) groups excluding carboxylic acids is 3. The monoisotopic (exact) mass is 475 g/mol. The van der Waals surface area contributed by atoms with Crippen molar-refractivity contribution in [2.45, 2.75) is 5.92 Å². The van der Waals surface area contributed by atoms with Gasteiger partial charge in [-0.15, -0.1) is 0 Å². The standard InChI is InChI=1S/C26H22FN3O5/c1-34-22-12-16(10-11-21(22)35-26(33)18-8-5-9-19(27)13-18)14-29-30-25(32)23-20(15-28-24(23)31)17-6-3-2-4-7-17/h2-14,20,23H,15H2,1H3,(H,28,31)(H,30,32)/t20-,23+/m0/s1. The molecule has 3 aromatic rings. The van der Waals surface area contributed by atoms with Gasteiger partial charge in [0.15, 0.2) is 11.5 Å². The summed E-state index contributed by atoms with van der Waals surface area (Å²) in [5.41, 5.74) is 3.92. The molecule has 0 spiro atoms. The van der Waals surface area contributed by atoms with Crippen LogP contribution in [0.2, 0.25) is 0 Å². The number of halogens is 1. The number of hydrogen-bond acceptors (Lipinski definition) is 6. The fraction of sp³-hybridized carbons (Fsp3) is 0.154. The molecule has 1 aliphatic rings. The van der Waals surface area contributed by atoms with Gasteiger partial charge >= 0.3 is 5.97 Å². The van der Waals surface area contributed by atoms with Crippen molar-refractivity contribution in [1.82, 2.24) is 10.7 Å². The van der Waals surface area contributed by atoms with Crippen LogP contribution in [0.1, 0.15) is 27.4 Å². The van der Waals surface area contributed by atoms with Crippen molar-refractivity contribution >= 4 is 24.0 Å². The van der Waals surface area contributed by atoms with Gasteiger partial charge in [0.25, 0.3) is 5.91 Å². The highest BCUT2D eigenvalue weighted by atomic mass is 19.1. The molecule has 8 nitrogen and oxygen atoms in total. The van der Waals surface area contributed by atoms with Crippen molar-refractivity contribution in [3.63, 3.8) is 0 Å². The van der Waals surface area contributed by atoms with Crippen LogP contribution in [0.5, 0.6) is 11.5 Å². The van der Waals surface area contributed by atoms with Crippen LogP contribution in [-0.4, -0.2) is 37.7 Å². The van der Waals surface area contributed by atoms with E-state index in [0.29, 0.717) is 12.1 Å². The first-order valence-electron chi connectivity index (χ1n) is 10.8. The largest absolute Gasteiger partial charge is 0.493 e. The van der Waals surface area contributed by atoms with Crippen LogP contribution in [0.25, 0.3) is 0 Å². The Labute approximate surface area is 200 Å². The van der Waals surface area contributed by atoms with E-state index < -0.39 is 23.6 Å². The number of nitrogens with zero attached hydrogens (tertiary/aromatic N) is 1. The molecule has 0 saturated carbocycles. The molecular formula is C26H22FN3O5. The molecule has 3 aromatic carbocycles. The van der Waals surface area contributed by atoms with Gasteiger partial charge in [0.2, 0.25) is 5.91 Å². The predicted molar refractivity (Wildman–Crippen MR) is 126 cm³/mol.